The summed E-state index contributed by atoms with van der Waals surface area (Å²) in [4.78, 5) is 24.0. The van der Waals surface area contributed by atoms with E-state index in [0.717, 1.165) is 26.1 Å². The van der Waals surface area contributed by atoms with Crippen LogP contribution in [-0.4, -0.2) is 61.7 Å². The van der Waals surface area contributed by atoms with Gasteiger partial charge in [-0.25, -0.2) is 9.78 Å². The van der Waals surface area contributed by atoms with E-state index in [2.05, 4.69) is 31.4 Å². The fourth-order valence-electron chi connectivity index (χ4n) is 1.72. The van der Waals surface area contributed by atoms with E-state index in [4.69, 9.17) is 0 Å². The zero-order chi connectivity index (χ0) is 14.3. The van der Waals surface area contributed by atoms with E-state index in [1.165, 1.54) is 13.3 Å². The Labute approximate surface area is 114 Å². The zero-order valence-corrected chi connectivity index (χ0v) is 12.1. The summed E-state index contributed by atoms with van der Waals surface area (Å²) in [6, 6.07) is 0. The molecule has 0 N–H and O–H groups in total. The standard InChI is InChI=1S/C13H22N4O2/c1-5-17(8-6-7-16(2)3)12-10-14-9-11(15-12)13(18)19-4/h9-10H,5-8H2,1-4H3. The number of anilines is 1. The average molecular weight is 266 g/mol. The summed E-state index contributed by atoms with van der Waals surface area (Å²) in [6.45, 7) is 4.78. The third-order valence-corrected chi connectivity index (χ3v) is 2.76. The van der Waals surface area contributed by atoms with E-state index in [-0.39, 0.29) is 5.69 Å². The van der Waals surface area contributed by atoms with Gasteiger partial charge < -0.3 is 14.5 Å². The van der Waals surface area contributed by atoms with E-state index in [0.29, 0.717) is 5.82 Å². The van der Waals surface area contributed by atoms with E-state index in [1.54, 1.807) is 6.20 Å². The highest BCUT2D eigenvalue weighted by Crippen LogP contribution is 2.10. The van der Waals surface area contributed by atoms with Crippen LogP contribution in [0.2, 0.25) is 0 Å². The average Bonchev–Trinajstić information content (AvgIpc) is 2.42. The van der Waals surface area contributed by atoms with Crippen LogP contribution in [0.4, 0.5) is 5.82 Å². The maximum absolute atomic E-state index is 11.4. The number of methoxy groups -OCH3 is 1. The number of rotatable bonds is 7. The summed E-state index contributed by atoms with van der Waals surface area (Å²) in [5.41, 5.74) is 0.242. The van der Waals surface area contributed by atoms with Crippen LogP contribution in [-0.2, 0) is 4.74 Å². The summed E-state index contributed by atoms with van der Waals surface area (Å²) in [7, 11) is 5.44. The summed E-state index contributed by atoms with van der Waals surface area (Å²) in [5.74, 6) is 0.253. The molecule has 0 aliphatic carbocycles. The molecule has 1 rings (SSSR count). The summed E-state index contributed by atoms with van der Waals surface area (Å²) < 4.78 is 4.65. The van der Waals surface area contributed by atoms with Crippen LogP contribution in [0.25, 0.3) is 0 Å². The van der Waals surface area contributed by atoms with Gasteiger partial charge in [0.05, 0.1) is 19.5 Å². The SMILES string of the molecule is CCN(CCCN(C)C)c1cncc(C(=O)OC)n1. The zero-order valence-electron chi connectivity index (χ0n) is 12.1. The van der Waals surface area contributed by atoms with Crippen LogP contribution < -0.4 is 4.90 Å². The van der Waals surface area contributed by atoms with Crippen molar-refractivity contribution in [3.05, 3.63) is 18.1 Å². The number of esters is 1. The van der Waals surface area contributed by atoms with Crippen molar-refractivity contribution >= 4 is 11.8 Å². The van der Waals surface area contributed by atoms with Crippen molar-refractivity contribution in [2.75, 3.05) is 45.7 Å². The molecule has 0 aliphatic heterocycles. The third kappa shape index (κ3) is 4.82. The van der Waals surface area contributed by atoms with E-state index < -0.39 is 5.97 Å². The number of hydrogen-bond donors (Lipinski definition) is 0. The van der Waals surface area contributed by atoms with Crippen molar-refractivity contribution in [3.63, 3.8) is 0 Å². The summed E-state index contributed by atoms with van der Waals surface area (Å²) in [5, 5.41) is 0. The Bertz CT molecular complexity index is 409. The topological polar surface area (TPSA) is 58.6 Å². The van der Waals surface area contributed by atoms with Crippen molar-refractivity contribution in [1.29, 1.82) is 0 Å². The molecular weight excluding hydrogens is 244 g/mol. The second-order valence-corrected chi connectivity index (χ2v) is 4.49. The number of carbonyl (C=O) groups is 1. The number of hydrogen-bond acceptors (Lipinski definition) is 6. The van der Waals surface area contributed by atoms with Gasteiger partial charge in [0.25, 0.3) is 0 Å². The van der Waals surface area contributed by atoms with Gasteiger partial charge in [-0.3, -0.25) is 4.98 Å². The van der Waals surface area contributed by atoms with Crippen LogP contribution in [0.15, 0.2) is 12.4 Å². The van der Waals surface area contributed by atoms with E-state index >= 15 is 0 Å². The molecule has 0 spiro atoms. The molecule has 0 aromatic carbocycles. The van der Waals surface area contributed by atoms with Gasteiger partial charge in [-0.05, 0) is 34.0 Å². The molecule has 106 valence electrons. The fraction of sp³-hybridized carbons (Fsp3) is 0.615. The lowest BCUT2D eigenvalue weighted by atomic mass is 10.3. The van der Waals surface area contributed by atoms with Gasteiger partial charge in [0.15, 0.2) is 5.69 Å². The molecule has 0 saturated heterocycles. The number of aromatic nitrogens is 2. The second-order valence-electron chi connectivity index (χ2n) is 4.49. The molecule has 1 aromatic rings. The lowest BCUT2D eigenvalue weighted by Crippen LogP contribution is -2.28. The highest BCUT2D eigenvalue weighted by molar-refractivity contribution is 5.87. The molecule has 19 heavy (non-hydrogen) atoms. The highest BCUT2D eigenvalue weighted by atomic mass is 16.5. The van der Waals surface area contributed by atoms with Gasteiger partial charge in [0, 0.05) is 13.1 Å². The Kier molecular flexibility index (Phi) is 6.21. The van der Waals surface area contributed by atoms with Gasteiger partial charge in [-0.2, -0.15) is 0 Å². The molecule has 6 heteroatoms. The van der Waals surface area contributed by atoms with Gasteiger partial charge in [0.1, 0.15) is 5.82 Å². The minimum Gasteiger partial charge on any atom is -0.464 e. The molecule has 0 atom stereocenters. The molecule has 0 saturated carbocycles. The van der Waals surface area contributed by atoms with E-state index in [9.17, 15) is 4.79 Å². The molecule has 0 aliphatic rings. The first-order valence-corrected chi connectivity index (χ1v) is 6.38. The fourth-order valence-corrected chi connectivity index (χ4v) is 1.72. The van der Waals surface area contributed by atoms with Crippen molar-refractivity contribution < 1.29 is 9.53 Å². The van der Waals surface area contributed by atoms with Crippen molar-refractivity contribution in [3.8, 4) is 0 Å². The van der Waals surface area contributed by atoms with Crippen LogP contribution in [0, 0.1) is 0 Å². The third-order valence-electron chi connectivity index (χ3n) is 2.76. The van der Waals surface area contributed by atoms with Crippen molar-refractivity contribution in [1.82, 2.24) is 14.9 Å². The van der Waals surface area contributed by atoms with Crippen LogP contribution in [0.3, 0.4) is 0 Å². The normalized spacial score (nSPS) is 10.6. The quantitative estimate of drug-likeness (QED) is 0.687. The Hall–Kier alpha value is -1.69. The molecule has 0 fully saturated rings. The molecule has 6 nitrogen and oxygen atoms in total. The van der Waals surface area contributed by atoms with Crippen molar-refractivity contribution in [2.45, 2.75) is 13.3 Å². The molecular formula is C13H22N4O2. The maximum Gasteiger partial charge on any atom is 0.358 e. The molecule has 0 unspecified atom stereocenters. The second kappa shape index (κ2) is 7.68. The lowest BCUT2D eigenvalue weighted by Gasteiger charge is -2.22. The minimum atomic E-state index is -0.460. The van der Waals surface area contributed by atoms with Crippen molar-refractivity contribution in [2.24, 2.45) is 0 Å². The molecule has 1 heterocycles. The first-order valence-electron chi connectivity index (χ1n) is 6.38. The number of nitrogens with zero attached hydrogens (tertiary/aromatic N) is 4. The monoisotopic (exact) mass is 266 g/mol. The Morgan fingerprint density at radius 1 is 1.32 bits per heavy atom. The predicted octanol–water partition coefficient (Wildman–Crippen LogP) is 1.04. The first-order chi connectivity index (χ1) is 9.08. The summed E-state index contributed by atoms with van der Waals surface area (Å²) in [6.07, 6.45) is 4.12. The highest BCUT2D eigenvalue weighted by Gasteiger charge is 2.12. The van der Waals surface area contributed by atoms with Gasteiger partial charge in [-0.1, -0.05) is 0 Å². The minimum absolute atomic E-state index is 0.242. The molecule has 0 radical (unpaired) electrons. The smallest absolute Gasteiger partial charge is 0.358 e. The summed E-state index contributed by atoms with van der Waals surface area (Å²) >= 11 is 0. The van der Waals surface area contributed by atoms with Crippen LogP contribution in [0.1, 0.15) is 23.8 Å². The largest absolute Gasteiger partial charge is 0.464 e. The Balaban J connectivity index is 2.72. The van der Waals surface area contributed by atoms with Gasteiger partial charge in [0.2, 0.25) is 0 Å². The maximum atomic E-state index is 11.4. The van der Waals surface area contributed by atoms with Gasteiger partial charge in [-0.15, -0.1) is 0 Å². The van der Waals surface area contributed by atoms with Crippen LogP contribution >= 0.6 is 0 Å². The molecule has 1 aromatic heterocycles. The first kappa shape index (κ1) is 15.4. The number of ether oxygens (including phenoxy) is 1. The Morgan fingerprint density at radius 3 is 2.63 bits per heavy atom. The van der Waals surface area contributed by atoms with E-state index in [1.807, 2.05) is 14.1 Å². The number of carbonyl (C=O) groups excluding carboxylic acids is 1. The lowest BCUT2D eigenvalue weighted by molar-refractivity contribution is 0.0593. The molecule has 0 bridgehead atoms. The molecule has 0 amide bonds. The van der Waals surface area contributed by atoms with Crippen LogP contribution in [0.5, 0.6) is 0 Å². The van der Waals surface area contributed by atoms with Gasteiger partial charge >= 0.3 is 5.97 Å². The predicted molar refractivity (Wildman–Crippen MR) is 74.4 cm³/mol. The Morgan fingerprint density at radius 2 is 2.05 bits per heavy atom.